The Hall–Kier alpha value is -3.80. The molecule has 0 aliphatic rings. The van der Waals surface area contributed by atoms with E-state index in [-0.39, 0.29) is 37.7 Å². The van der Waals surface area contributed by atoms with Crippen LogP contribution < -0.4 is 16.4 Å². The molecule has 4 N–H and O–H groups in total. The summed E-state index contributed by atoms with van der Waals surface area (Å²) in [7, 11) is 0. The van der Waals surface area contributed by atoms with E-state index in [1.807, 2.05) is 26.8 Å². The molecule has 0 aromatic heterocycles. The molecule has 0 aliphatic carbocycles. The summed E-state index contributed by atoms with van der Waals surface area (Å²) in [6.07, 6.45) is 0.124. The number of hydrogen-bond acceptors (Lipinski definition) is 9. The fraction of sp³-hybridized carbons (Fsp3) is 0.625. The van der Waals surface area contributed by atoms with Crippen LogP contribution in [0.15, 0.2) is 30.3 Å². The number of ether oxygens (including phenoxy) is 2. The summed E-state index contributed by atoms with van der Waals surface area (Å²) in [6, 6.07) is 4.35. The van der Waals surface area contributed by atoms with Gasteiger partial charge in [-0.15, -0.1) is 0 Å². The Morgan fingerprint density at radius 1 is 0.977 bits per heavy atom. The van der Waals surface area contributed by atoms with Crippen molar-refractivity contribution in [1.82, 2.24) is 15.5 Å². The number of nitrogens with one attached hydrogen (secondary N) is 2. The van der Waals surface area contributed by atoms with Gasteiger partial charge in [-0.25, -0.2) is 4.79 Å². The quantitative estimate of drug-likeness (QED) is 0.186. The second-order valence-corrected chi connectivity index (χ2v) is 12.4. The smallest absolute Gasteiger partial charge is 0.411 e. The van der Waals surface area contributed by atoms with Crippen LogP contribution in [0, 0.1) is 11.8 Å². The molecule has 0 heterocycles. The SMILES string of the molecule is CC[C@H](C)[C@H](N)C(=O)N[C@@H](CCC(=O)OC(C)(C)C)C(=O)NC(=O)[C@H](C)N(C(=O)OCc1ccccc1)[C@H](C=O)CC(C)C. The number of carbonyl (C=O) groups is 6. The van der Waals surface area contributed by atoms with E-state index in [0.29, 0.717) is 18.3 Å². The Bertz CT molecular complexity index is 1120. The minimum Gasteiger partial charge on any atom is -0.460 e. The van der Waals surface area contributed by atoms with Crippen LogP contribution >= 0.6 is 0 Å². The van der Waals surface area contributed by atoms with E-state index in [1.54, 1.807) is 52.0 Å². The molecule has 1 aromatic rings. The molecule has 0 saturated heterocycles. The highest BCUT2D eigenvalue weighted by Gasteiger charge is 2.36. The lowest BCUT2D eigenvalue weighted by Gasteiger charge is -2.33. The average Bonchev–Trinajstić information content (AvgIpc) is 2.95. The highest BCUT2D eigenvalue weighted by atomic mass is 16.6. The number of aldehydes is 1. The number of rotatable bonds is 16. The molecule has 12 heteroatoms. The molecule has 0 bridgehead atoms. The maximum Gasteiger partial charge on any atom is 0.411 e. The van der Waals surface area contributed by atoms with Crippen molar-refractivity contribution in [1.29, 1.82) is 0 Å². The van der Waals surface area contributed by atoms with Crippen molar-refractivity contribution in [2.45, 2.75) is 117 Å². The van der Waals surface area contributed by atoms with Crippen molar-refractivity contribution in [3.05, 3.63) is 35.9 Å². The highest BCUT2D eigenvalue weighted by Crippen LogP contribution is 2.17. The molecule has 5 atom stereocenters. The van der Waals surface area contributed by atoms with Gasteiger partial charge >= 0.3 is 12.1 Å². The maximum absolute atomic E-state index is 13.4. The molecular weight excluding hydrogens is 568 g/mol. The van der Waals surface area contributed by atoms with E-state index in [0.717, 1.165) is 4.90 Å². The zero-order chi connectivity index (χ0) is 33.6. The van der Waals surface area contributed by atoms with Gasteiger partial charge in [0.1, 0.15) is 30.6 Å². The topological polar surface area (TPSA) is 174 Å². The third-order valence-corrected chi connectivity index (χ3v) is 6.94. The summed E-state index contributed by atoms with van der Waals surface area (Å²) >= 11 is 0. The van der Waals surface area contributed by atoms with Crippen molar-refractivity contribution < 1.29 is 38.2 Å². The predicted octanol–water partition coefficient (Wildman–Crippen LogP) is 3.25. The Kier molecular flexibility index (Phi) is 15.7. The monoisotopic (exact) mass is 618 g/mol. The van der Waals surface area contributed by atoms with E-state index >= 15 is 0 Å². The minimum atomic E-state index is -1.31. The van der Waals surface area contributed by atoms with E-state index in [4.69, 9.17) is 15.2 Å². The predicted molar refractivity (Wildman–Crippen MR) is 165 cm³/mol. The fourth-order valence-corrected chi connectivity index (χ4v) is 4.24. The minimum absolute atomic E-state index is 0.00585. The van der Waals surface area contributed by atoms with E-state index in [9.17, 15) is 28.8 Å². The third kappa shape index (κ3) is 13.2. The van der Waals surface area contributed by atoms with Crippen LogP contribution in [-0.2, 0) is 40.1 Å². The van der Waals surface area contributed by atoms with Gasteiger partial charge in [0.15, 0.2) is 0 Å². The highest BCUT2D eigenvalue weighted by molar-refractivity contribution is 6.02. The Balaban J connectivity index is 3.18. The number of nitrogens with zero attached hydrogens (tertiary/aromatic N) is 1. The van der Waals surface area contributed by atoms with E-state index in [2.05, 4.69) is 10.6 Å². The molecule has 0 spiro atoms. The first kappa shape index (κ1) is 38.2. The van der Waals surface area contributed by atoms with Gasteiger partial charge in [-0.05, 0) is 57.9 Å². The van der Waals surface area contributed by atoms with Crippen LogP contribution in [0.25, 0.3) is 0 Å². The van der Waals surface area contributed by atoms with Crippen molar-refractivity contribution in [2.24, 2.45) is 17.6 Å². The van der Waals surface area contributed by atoms with Gasteiger partial charge in [-0.3, -0.25) is 29.4 Å². The number of esters is 1. The van der Waals surface area contributed by atoms with Crippen LogP contribution in [0.2, 0.25) is 0 Å². The standard InChI is InChI=1S/C32H50N4O8/c1-9-21(4)27(33)30(41)34-25(15-16-26(38)44-32(6,7)8)29(40)35-28(39)22(5)36(24(18-37)17-20(2)3)31(42)43-19-23-13-11-10-12-14-23/h10-14,18,20-22,24-25,27H,9,15-17,19,33H2,1-8H3,(H,34,41)(H,35,39,40)/t21-,22-,24-,25-,27-/m0/s1. The van der Waals surface area contributed by atoms with Crippen molar-refractivity contribution >= 4 is 36.1 Å². The van der Waals surface area contributed by atoms with Gasteiger partial charge < -0.3 is 25.3 Å². The molecule has 246 valence electrons. The molecule has 1 rings (SSSR count). The summed E-state index contributed by atoms with van der Waals surface area (Å²) in [5.41, 5.74) is 6.00. The first-order valence-corrected chi connectivity index (χ1v) is 15.1. The number of hydrogen-bond donors (Lipinski definition) is 3. The van der Waals surface area contributed by atoms with Gasteiger partial charge in [-0.1, -0.05) is 64.4 Å². The summed E-state index contributed by atoms with van der Waals surface area (Å²) < 4.78 is 10.7. The molecule has 1 aromatic carbocycles. The summed E-state index contributed by atoms with van der Waals surface area (Å²) in [5.74, 6) is -3.21. The molecule has 4 amide bonds. The average molecular weight is 619 g/mol. The first-order valence-electron chi connectivity index (χ1n) is 15.1. The second-order valence-electron chi connectivity index (χ2n) is 12.4. The Labute approximate surface area is 260 Å². The van der Waals surface area contributed by atoms with Crippen LogP contribution in [0.3, 0.4) is 0 Å². The number of amides is 4. The van der Waals surface area contributed by atoms with Crippen LogP contribution in [0.4, 0.5) is 4.79 Å². The molecule has 44 heavy (non-hydrogen) atoms. The Morgan fingerprint density at radius 3 is 2.11 bits per heavy atom. The van der Waals surface area contributed by atoms with Crippen molar-refractivity contribution in [2.75, 3.05) is 0 Å². The maximum atomic E-state index is 13.4. The van der Waals surface area contributed by atoms with Crippen molar-refractivity contribution in [3.8, 4) is 0 Å². The molecule has 0 saturated carbocycles. The molecular formula is C32H50N4O8. The van der Waals surface area contributed by atoms with Crippen LogP contribution in [0.1, 0.15) is 86.6 Å². The summed E-state index contributed by atoms with van der Waals surface area (Å²) in [5, 5.41) is 4.78. The van der Waals surface area contributed by atoms with Gasteiger partial charge in [-0.2, -0.15) is 0 Å². The van der Waals surface area contributed by atoms with E-state index in [1.165, 1.54) is 6.92 Å². The lowest BCUT2D eigenvalue weighted by Crippen LogP contribution is -2.58. The molecule has 0 radical (unpaired) electrons. The molecule has 0 unspecified atom stereocenters. The van der Waals surface area contributed by atoms with E-state index < -0.39 is 59.6 Å². The number of imide groups is 1. The molecule has 0 aliphatic heterocycles. The Morgan fingerprint density at radius 2 is 1.59 bits per heavy atom. The third-order valence-electron chi connectivity index (χ3n) is 6.94. The van der Waals surface area contributed by atoms with Gasteiger partial charge in [0.05, 0.1) is 12.1 Å². The number of benzene rings is 1. The van der Waals surface area contributed by atoms with Crippen molar-refractivity contribution in [3.63, 3.8) is 0 Å². The second kappa shape index (κ2) is 18.1. The van der Waals surface area contributed by atoms with Crippen LogP contribution in [0.5, 0.6) is 0 Å². The zero-order valence-electron chi connectivity index (χ0n) is 27.3. The lowest BCUT2D eigenvalue weighted by molar-refractivity contribution is -0.155. The number of nitrogens with two attached hydrogens (primary N) is 1. The van der Waals surface area contributed by atoms with Gasteiger partial charge in [0.25, 0.3) is 0 Å². The molecule has 12 nitrogen and oxygen atoms in total. The summed E-state index contributed by atoms with van der Waals surface area (Å²) in [4.78, 5) is 78.2. The lowest BCUT2D eigenvalue weighted by atomic mass is 9.98. The van der Waals surface area contributed by atoms with Gasteiger partial charge in [0.2, 0.25) is 17.7 Å². The first-order chi connectivity index (χ1) is 20.5. The molecule has 0 fully saturated rings. The number of carbonyl (C=O) groups excluding carboxylic acids is 6. The van der Waals surface area contributed by atoms with Crippen LogP contribution in [-0.4, -0.2) is 70.7 Å². The normalized spacial score (nSPS) is 14.8. The fourth-order valence-electron chi connectivity index (χ4n) is 4.24. The van der Waals surface area contributed by atoms with Gasteiger partial charge in [0, 0.05) is 6.42 Å². The largest absolute Gasteiger partial charge is 0.460 e. The zero-order valence-corrected chi connectivity index (χ0v) is 27.3. The summed E-state index contributed by atoms with van der Waals surface area (Å²) in [6.45, 7) is 13.8.